The molecule has 100 valence electrons. The quantitative estimate of drug-likeness (QED) is 0.801. The SMILES string of the molecule is CCN(CCOc1ccc(Br)cc1)CCC(=O)O. The molecule has 0 bridgehead atoms. The first-order valence-electron chi connectivity index (χ1n) is 5.94. The van der Waals surface area contributed by atoms with E-state index < -0.39 is 5.97 Å². The molecule has 0 aliphatic rings. The van der Waals surface area contributed by atoms with Gasteiger partial charge in [0.05, 0.1) is 6.42 Å². The summed E-state index contributed by atoms with van der Waals surface area (Å²) in [5, 5.41) is 8.62. The lowest BCUT2D eigenvalue weighted by molar-refractivity contribution is -0.137. The summed E-state index contributed by atoms with van der Waals surface area (Å²) in [5.74, 6) is 0.0646. The van der Waals surface area contributed by atoms with E-state index in [2.05, 4.69) is 20.8 Å². The van der Waals surface area contributed by atoms with Crippen molar-refractivity contribution < 1.29 is 14.6 Å². The predicted molar refractivity (Wildman–Crippen MR) is 74.0 cm³/mol. The molecular formula is C13H18BrNO3. The number of ether oxygens (including phenoxy) is 1. The lowest BCUT2D eigenvalue weighted by atomic mass is 10.3. The predicted octanol–water partition coefficient (Wildman–Crippen LogP) is 2.62. The van der Waals surface area contributed by atoms with Crippen LogP contribution in [0.2, 0.25) is 0 Å². The Kier molecular flexibility index (Phi) is 6.75. The molecule has 1 rings (SSSR count). The Morgan fingerprint density at radius 3 is 2.56 bits per heavy atom. The molecule has 0 atom stereocenters. The lowest BCUT2D eigenvalue weighted by Gasteiger charge is -2.19. The van der Waals surface area contributed by atoms with Gasteiger partial charge in [-0.25, -0.2) is 0 Å². The van der Waals surface area contributed by atoms with E-state index in [1.807, 2.05) is 31.2 Å². The van der Waals surface area contributed by atoms with Crippen LogP contribution in [0.15, 0.2) is 28.7 Å². The number of halogens is 1. The highest BCUT2D eigenvalue weighted by atomic mass is 79.9. The van der Waals surface area contributed by atoms with Crippen LogP contribution in [0.5, 0.6) is 5.75 Å². The second-order valence-corrected chi connectivity index (χ2v) is 4.80. The van der Waals surface area contributed by atoms with Crippen molar-refractivity contribution in [2.24, 2.45) is 0 Å². The number of likely N-dealkylation sites (N-methyl/N-ethyl adjacent to an activating group) is 1. The monoisotopic (exact) mass is 315 g/mol. The highest BCUT2D eigenvalue weighted by Crippen LogP contribution is 2.15. The van der Waals surface area contributed by atoms with Crippen molar-refractivity contribution in [3.8, 4) is 5.75 Å². The normalized spacial score (nSPS) is 10.6. The fraction of sp³-hybridized carbons (Fsp3) is 0.462. The first-order valence-corrected chi connectivity index (χ1v) is 6.73. The van der Waals surface area contributed by atoms with Crippen LogP contribution in [0.1, 0.15) is 13.3 Å². The summed E-state index contributed by atoms with van der Waals surface area (Å²) < 4.78 is 6.61. The summed E-state index contributed by atoms with van der Waals surface area (Å²) in [5.41, 5.74) is 0. The molecule has 5 heteroatoms. The topological polar surface area (TPSA) is 49.8 Å². The smallest absolute Gasteiger partial charge is 0.304 e. The second kappa shape index (κ2) is 8.11. The Morgan fingerprint density at radius 1 is 1.33 bits per heavy atom. The number of carboxylic acids is 1. The van der Waals surface area contributed by atoms with Gasteiger partial charge in [0.1, 0.15) is 12.4 Å². The van der Waals surface area contributed by atoms with Gasteiger partial charge in [0, 0.05) is 17.6 Å². The second-order valence-electron chi connectivity index (χ2n) is 3.88. The minimum absolute atomic E-state index is 0.173. The van der Waals surface area contributed by atoms with E-state index in [0.29, 0.717) is 13.2 Å². The molecule has 0 fully saturated rings. The third-order valence-electron chi connectivity index (χ3n) is 2.58. The molecule has 1 aromatic rings. The van der Waals surface area contributed by atoms with Gasteiger partial charge in [-0.05, 0) is 30.8 Å². The Balaban J connectivity index is 2.26. The Labute approximate surface area is 116 Å². The molecular weight excluding hydrogens is 298 g/mol. The Hall–Kier alpha value is -1.07. The number of hydrogen-bond acceptors (Lipinski definition) is 3. The van der Waals surface area contributed by atoms with E-state index in [1.165, 1.54) is 0 Å². The zero-order chi connectivity index (χ0) is 13.4. The molecule has 0 saturated heterocycles. The molecule has 1 N–H and O–H groups in total. The first kappa shape index (κ1) is 15.0. The van der Waals surface area contributed by atoms with Crippen LogP contribution < -0.4 is 4.74 Å². The molecule has 0 aromatic heterocycles. The highest BCUT2D eigenvalue weighted by Gasteiger charge is 2.05. The third-order valence-corrected chi connectivity index (χ3v) is 3.11. The molecule has 0 unspecified atom stereocenters. The van der Waals surface area contributed by atoms with Gasteiger partial charge in [-0.1, -0.05) is 22.9 Å². The van der Waals surface area contributed by atoms with Crippen molar-refractivity contribution in [1.82, 2.24) is 4.90 Å². The lowest BCUT2D eigenvalue weighted by Crippen LogP contribution is -2.30. The molecule has 18 heavy (non-hydrogen) atoms. The number of rotatable bonds is 8. The molecule has 0 spiro atoms. The number of nitrogens with zero attached hydrogens (tertiary/aromatic N) is 1. The molecule has 1 aromatic carbocycles. The highest BCUT2D eigenvalue weighted by molar-refractivity contribution is 9.10. The van der Waals surface area contributed by atoms with E-state index in [9.17, 15) is 4.79 Å². The molecule has 0 radical (unpaired) electrons. The van der Waals surface area contributed by atoms with Crippen LogP contribution in [0.4, 0.5) is 0 Å². The van der Waals surface area contributed by atoms with Gasteiger partial charge in [-0.15, -0.1) is 0 Å². The summed E-state index contributed by atoms with van der Waals surface area (Å²) in [4.78, 5) is 12.5. The average Bonchev–Trinajstić information content (AvgIpc) is 2.35. The molecule has 4 nitrogen and oxygen atoms in total. The van der Waals surface area contributed by atoms with Crippen molar-refractivity contribution in [1.29, 1.82) is 0 Å². The van der Waals surface area contributed by atoms with Gasteiger partial charge in [0.2, 0.25) is 0 Å². The van der Waals surface area contributed by atoms with Crippen molar-refractivity contribution in [3.05, 3.63) is 28.7 Å². The fourth-order valence-electron chi connectivity index (χ4n) is 1.51. The van der Waals surface area contributed by atoms with Gasteiger partial charge in [0.15, 0.2) is 0 Å². The van der Waals surface area contributed by atoms with E-state index in [-0.39, 0.29) is 6.42 Å². The van der Waals surface area contributed by atoms with Crippen LogP contribution in [-0.4, -0.2) is 42.2 Å². The number of benzene rings is 1. The summed E-state index contributed by atoms with van der Waals surface area (Å²) >= 11 is 3.36. The van der Waals surface area contributed by atoms with Crippen molar-refractivity contribution in [2.45, 2.75) is 13.3 Å². The third kappa shape index (κ3) is 6.02. The summed E-state index contributed by atoms with van der Waals surface area (Å²) in [6, 6.07) is 7.66. The zero-order valence-corrected chi connectivity index (χ0v) is 12.0. The summed E-state index contributed by atoms with van der Waals surface area (Å²) in [6.07, 6.45) is 0.173. The van der Waals surface area contributed by atoms with Crippen LogP contribution in [0, 0.1) is 0 Å². The maximum absolute atomic E-state index is 10.5. The Morgan fingerprint density at radius 2 is 2.00 bits per heavy atom. The molecule has 0 amide bonds. The van der Waals surface area contributed by atoms with E-state index in [1.54, 1.807) is 0 Å². The largest absolute Gasteiger partial charge is 0.492 e. The zero-order valence-electron chi connectivity index (χ0n) is 10.4. The maximum Gasteiger partial charge on any atom is 0.304 e. The van der Waals surface area contributed by atoms with Crippen LogP contribution in [0.25, 0.3) is 0 Å². The van der Waals surface area contributed by atoms with Crippen LogP contribution in [0.3, 0.4) is 0 Å². The standard InChI is InChI=1S/C13H18BrNO3/c1-2-15(8-7-13(16)17)9-10-18-12-5-3-11(14)4-6-12/h3-6H,2,7-10H2,1H3,(H,16,17). The fourth-order valence-corrected chi connectivity index (χ4v) is 1.77. The van der Waals surface area contributed by atoms with Gasteiger partial charge in [-0.3, -0.25) is 9.69 Å². The molecule has 0 heterocycles. The Bertz CT molecular complexity index is 367. The van der Waals surface area contributed by atoms with Gasteiger partial charge >= 0.3 is 5.97 Å². The summed E-state index contributed by atoms with van der Waals surface area (Å²) in [6.45, 7) is 4.71. The molecule has 0 aliphatic heterocycles. The van der Waals surface area contributed by atoms with Crippen LogP contribution >= 0.6 is 15.9 Å². The van der Waals surface area contributed by atoms with Crippen molar-refractivity contribution >= 4 is 21.9 Å². The van der Waals surface area contributed by atoms with Crippen LogP contribution in [-0.2, 0) is 4.79 Å². The average molecular weight is 316 g/mol. The minimum atomic E-state index is -0.762. The number of carbonyl (C=O) groups is 1. The minimum Gasteiger partial charge on any atom is -0.492 e. The van der Waals surface area contributed by atoms with Gasteiger partial charge in [0.25, 0.3) is 0 Å². The van der Waals surface area contributed by atoms with E-state index in [4.69, 9.17) is 9.84 Å². The maximum atomic E-state index is 10.5. The van der Waals surface area contributed by atoms with Gasteiger partial charge in [-0.2, -0.15) is 0 Å². The van der Waals surface area contributed by atoms with Crippen molar-refractivity contribution in [2.75, 3.05) is 26.2 Å². The number of aliphatic carboxylic acids is 1. The van der Waals surface area contributed by atoms with Gasteiger partial charge < -0.3 is 9.84 Å². The number of carboxylic acid groups (broad SMARTS) is 1. The molecule has 0 aliphatic carbocycles. The first-order chi connectivity index (χ1) is 8.61. The number of hydrogen-bond donors (Lipinski definition) is 1. The van der Waals surface area contributed by atoms with E-state index >= 15 is 0 Å². The summed E-state index contributed by atoms with van der Waals surface area (Å²) in [7, 11) is 0. The van der Waals surface area contributed by atoms with E-state index in [0.717, 1.165) is 23.3 Å². The van der Waals surface area contributed by atoms with Crippen molar-refractivity contribution in [3.63, 3.8) is 0 Å². The molecule has 0 saturated carbocycles.